The molecule has 5 N–H and O–H groups in total. The molecule has 0 aromatic heterocycles. The van der Waals surface area contributed by atoms with Gasteiger partial charge in [0, 0.05) is 18.2 Å². The number of carbonyl (C=O) groups is 1. The Bertz CT molecular complexity index is 419. The van der Waals surface area contributed by atoms with Crippen LogP contribution in [0.2, 0.25) is 0 Å². The fourth-order valence-electron chi connectivity index (χ4n) is 1.65. The molecule has 18 heavy (non-hydrogen) atoms. The first kappa shape index (κ1) is 14.3. The second kappa shape index (κ2) is 6.26. The van der Waals surface area contributed by atoms with Crippen molar-refractivity contribution in [2.75, 3.05) is 12.3 Å². The van der Waals surface area contributed by atoms with Gasteiger partial charge in [-0.1, -0.05) is 13.8 Å². The zero-order valence-corrected chi connectivity index (χ0v) is 10.7. The number of nitrogens with two attached hydrogens (primary N) is 1. The van der Waals surface area contributed by atoms with E-state index in [1.54, 1.807) is 6.07 Å². The first-order valence-electron chi connectivity index (χ1n) is 5.96. The molecule has 100 valence electrons. The first-order valence-corrected chi connectivity index (χ1v) is 5.96. The highest BCUT2D eigenvalue weighted by atomic mass is 16.3. The average Bonchev–Trinajstić information content (AvgIpc) is 2.31. The van der Waals surface area contributed by atoms with Crippen molar-refractivity contribution in [1.29, 1.82) is 0 Å². The predicted molar refractivity (Wildman–Crippen MR) is 70.3 cm³/mol. The fraction of sp³-hybridized carbons (Fsp3) is 0.462. The summed E-state index contributed by atoms with van der Waals surface area (Å²) in [6.07, 6.45) is 0.504. The summed E-state index contributed by atoms with van der Waals surface area (Å²) >= 11 is 0. The highest BCUT2D eigenvalue weighted by molar-refractivity contribution is 5.95. The third kappa shape index (κ3) is 3.63. The molecule has 0 spiro atoms. The Balaban J connectivity index is 2.77. The number of hydrogen-bond donors (Lipinski definition) is 4. The topological polar surface area (TPSA) is 95.6 Å². The van der Waals surface area contributed by atoms with Gasteiger partial charge >= 0.3 is 0 Å². The number of carbonyl (C=O) groups excluding carboxylic acids is 1. The van der Waals surface area contributed by atoms with Crippen LogP contribution < -0.4 is 11.1 Å². The summed E-state index contributed by atoms with van der Waals surface area (Å²) in [5, 5.41) is 21.2. The van der Waals surface area contributed by atoms with Gasteiger partial charge in [0.05, 0.1) is 5.69 Å². The largest absolute Gasteiger partial charge is 0.506 e. The number of aliphatic hydroxyl groups is 1. The molecule has 0 fully saturated rings. The summed E-state index contributed by atoms with van der Waals surface area (Å²) in [5.41, 5.74) is 6.06. The predicted octanol–water partition coefficient (Wildman–Crippen LogP) is 1.11. The highest BCUT2D eigenvalue weighted by Crippen LogP contribution is 2.20. The normalized spacial score (nSPS) is 12.4. The molecule has 0 aliphatic heterocycles. The zero-order chi connectivity index (χ0) is 13.7. The maximum absolute atomic E-state index is 12.0. The van der Waals surface area contributed by atoms with Crippen molar-refractivity contribution in [2.24, 2.45) is 5.92 Å². The van der Waals surface area contributed by atoms with Crippen LogP contribution in [0.3, 0.4) is 0 Å². The van der Waals surface area contributed by atoms with Gasteiger partial charge < -0.3 is 21.3 Å². The van der Waals surface area contributed by atoms with Crippen LogP contribution in [0.25, 0.3) is 0 Å². The summed E-state index contributed by atoms with van der Waals surface area (Å²) in [5.74, 6) is -0.160. The molecule has 5 heteroatoms. The monoisotopic (exact) mass is 252 g/mol. The van der Waals surface area contributed by atoms with Gasteiger partial charge in [0.15, 0.2) is 0 Å². The Labute approximate surface area is 107 Å². The van der Waals surface area contributed by atoms with Crippen molar-refractivity contribution < 1.29 is 15.0 Å². The van der Waals surface area contributed by atoms with Gasteiger partial charge in [0.2, 0.25) is 0 Å². The Morgan fingerprint density at radius 3 is 2.61 bits per heavy atom. The molecular formula is C13H20N2O3. The molecule has 5 nitrogen and oxygen atoms in total. The lowest BCUT2D eigenvalue weighted by molar-refractivity contribution is 0.0916. The maximum Gasteiger partial charge on any atom is 0.251 e. The summed E-state index contributed by atoms with van der Waals surface area (Å²) in [7, 11) is 0. The van der Waals surface area contributed by atoms with Crippen LogP contribution in [0.4, 0.5) is 5.69 Å². The van der Waals surface area contributed by atoms with E-state index in [1.165, 1.54) is 12.1 Å². The van der Waals surface area contributed by atoms with Crippen molar-refractivity contribution in [3.8, 4) is 5.75 Å². The molecule has 1 unspecified atom stereocenters. The number of nitrogen functional groups attached to an aromatic ring is 1. The number of phenols is 1. The van der Waals surface area contributed by atoms with E-state index in [9.17, 15) is 9.90 Å². The van der Waals surface area contributed by atoms with Gasteiger partial charge in [0.25, 0.3) is 5.91 Å². The van der Waals surface area contributed by atoms with E-state index in [2.05, 4.69) is 5.32 Å². The quantitative estimate of drug-likeness (QED) is 0.466. The summed E-state index contributed by atoms with van der Waals surface area (Å²) in [6, 6.07) is 4.28. The van der Waals surface area contributed by atoms with Crippen LogP contribution in [0.1, 0.15) is 30.6 Å². The minimum Gasteiger partial charge on any atom is -0.506 e. The number of phenolic OH excluding ortho intramolecular Hbond substituents is 1. The number of nitrogens with one attached hydrogen (secondary N) is 1. The van der Waals surface area contributed by atoms with Gasteiger partial charge in [-0.15, -0.1) is 0 Å². The number of aliphatic hydroxyl groups excluding tert-OH is 1. The maximum atomic E-state index is 12.0. The number of hydrogen-bond acceptors (Lipinski definition) is 4. The Hall–Kier alpha value is -1.75. The van der Waals surface area contributed by atoms with Gasteiger partial charge in [-0.3, -0.25) is 4.79 Å². The Morgan fingerprint density at radius 1 is 1.44 bits per heavy atom. The molecule has 1 aromatic carbocycles. The minimum atomic E-state index is -0.280. The van der Waals surface area contributed by atoms with E-state index in [4.69, 9.17) is 10.8 Å². The molecule has 0 aliphatic carbocycles. The second-order valence-corrected chi connectivity index (χ2v) is 4.61. The molecule has 0 saturated carbocycles. The van der Waals surface area contributed by atoms with Crippen molar-refractivity contribution in [2.45, 2.75) is 26.3 Å². The molecule has 0 saturated heterocycles. The molecule has 1 amide bonds. The summed E-state index contributed by atoms with van der Waals surface area (Å²) in [6.45, 7) is 3.97. The van der Waals surface area contributed by atoms with Crippen LogP contribution in [-0.2, 0) is 0 Å². The van der Waals surface area contributed by atoms with Gasteiger partial charge in [0.1, 0.15) is 5.75 Å². The molecule has 0 radical (unpaired) electrons. The Kier molecular flexibility index (Phi) is 4.97. The van der Waals surface area contributed by atoms with Gasteiger partial charge in [-0.25, -0.2) is 0 Å². The number of rotatable bonds is 5. The van der Waals surface area contributed by atoms with Crippen LogP contribution >= 0.6 is 0 Å². The highest BCUT2D eigenvalue weighted by Gasteiger charge is 2.17. The van der Waals surface area contributed by atoms with Crippen molar-refractivity contribution in [3.05, 3.63) is 23.8 Å². The van der Waals surface area contributed by atoms with E-state index in [1.807, 2.05) is 13.8 Å². The van der Waals surface area contributed by atoms with Gasteiger partial charge in [-0.2, -0.15) is 0 Å². The van der Waals surface area contributed by atoms with E-state index in [-0.39, 0.29) is 35.9 Å². The minimum absolute atomic E-state index is 0.0239. The molecule has 1 aromatic rings. The SMILES string of the molecule is CC(C)C(CCO)NC(=O)c1ccc(N)c(O)c1. The summed E-state index contributed by atoms with van der Waals surface area (Å²) in [4.78, 5) is 12.0. The second-order valence-electron chi connectivity index (χ2n) is 4.61. The zero-order valence-electron chi connectivity index (χ0n) is 10.7. The third-order valence-electron chi connectivity index (χ3n) is 2.85. The smallest absolute Gasteiger partial charge is 0.251 e. The van der Waals surface area contributed by atoms with Gasteiger partial charge in [-0.05, 0) is 30.5 Å². The summed E-state index contributed by atoms with van der Waals surface area (Å²) < 4.78 is 0. The lowest BCUT2D eigenvalue weighted by Gasteiger charge is -2.21. The van der Waals surface area contributed by atoms with Crippen molar-refractivity contribution in [1.82, 2.24) is 5.32 Å². The molecule has 1 rings (SSSR count). The molecular weight excluding hydrogens is 232 g/mol. The number of anilines is 1. The van der Waals surface area contributed by atoms with E-state index >= 15 is 0 Å². The van der Waals surface area contributed by atoms with Crippen LogP contribution in [0.5, 0.6) is 5.75 Å². The van der Waals surface area contributed by atoms with E-state index in [0.29, 0.717) is 12.0 Å². The van der Waals surface area contributed by atoms with Crippen LogP contribution in [-0.4, -0.2) is 28.8 Å². The third-order valence-corrected chi connectivity index (χ3v) is 2.85. The van der Waals surface area contributed by atoms with E-state index in [0.717, 1.165) is 0 Å². The van der Waals surface area contributed by atoms with Crippen LogP contribution in [0.15, 0.2) is 18.2 Å². The lowest BCUT2D eigenvalue weighted by Crippen LogP contribution is -2.39. The van der Waals surface area contributed by atoms with Crippen molar-refractivity contribution >= 4 is 11.6 Å². The molecule has 0 bridgehead atoms. The lowest BCUT2D eigenvalue weighted by atomic mass is 10.0. The van der Waals surface area contributed by atoms with E-state index < -0.39 is 0 Å². The average molecular weight is 252 g/mol. The molecule has 1 atom stereocenters. The standard InChI is InChI=1S/C13H20N2O3/c1-8(2)11(5-6-16)15-13(18)9-3-4-10(14)12(17)7-9/h3-4,7-8,11,16-17H,5-6,14H2,1-2H3,(H,15,18). The fourth-order valence-corrected chi connectivity index (χ4v) is 1.65. The Morgan fingerprint density at radius 2 is 2.11 bits per heavy atom. The molecule has 0 aliphatic rings. The van der Waals surface area contributed by atoms with Crippen molar-refractivity contribution in [3.63, 3.8) is 0 Å². The number of aromatic hydroxyl groups is 1. The first-order chi connectivity index (χ1) is 8.45. The number of amides is 1. The number of benzene rings is 1. The van der Waals surface area contributed by atoms with Crippen LogP contribution in [0, 0.1) is 5.92 Å². The molecule has 0 heterocycles.